The normalized spacial score (nSPS) is 11.3. The number of carbonyl (C=O) groups is 1. The minimum atomic E-state index is 0.0500. The van der Waals surface area contributed by atoms with Gasteiger partial charge in [-0.2, -0.15) is 0 Å². The molecule has 0 amide bonds. The molecule has 21 heavy (non-hydrogen) atoms. The lowest BCUT2D eigenvalue weighted by Gasteiger charge is -2.11. The highest BCUT2D eigenvalue weighted by atomic mass is 127. The second-order valence-electron chi connectivity index (χ2n) is 4.71. The van der Waals surface area contributed by atoms with Crippen molar-refractivity contribution in [2.45, 2.75) is 4.90 Å². The van der Waals surface area contributed by atoms with Gasteiger partial charge >= 0.3 is 0 Å². The number of thioether (sulfide) groups is 1. The van der Waals surface area contributed by atoms with Gasteiger partial charge in [-0.25, -0.2) is 0 Å². The van der Waals surface area contributed by atoms with Gasteiger partial charge in [0.25, 0.3) is 0 Å². The summed E-state index contributed by atoms with van der Waals surface area (Å²) in [4.78, 5) is 16.4. The second kappa shape index (κ2) is 7.66. The number of rotatable bonds is 5. The first kappa shape index (κ1) is 16.1. The van der Waals surface area contributed by atoms with E-state index in [-0.39, 0.29) is 5.78 Å². The van der Waals surface area contributed by atoms with E-state index in [0.717, 1.165) is 8.47 Å². The molecule has 0 atom stereocenters. The van der Waals surface area contributed by atoms with E-state index in [4.69, 9.17) is 0 Å². The smallest absolute Gasteiger partial charge is 0.201 e. The van der Waals surface area contributed by atoms with E-state index in [1.807, 2.05) is 79.8 Å². The van der Waals surface area contributed by atoms with Crippen LogP contribution >= 0.6 is 34.4 Å². The minimum absolute atomic E-state index is 0.0500. The molecule has 0 aliphatic rings. The minimum Gasteiger partial charge on any atom is -0.382 e. The summed E-state index contributed by atoms with van der Waals surface area (Å²) < 4.78 is 1.12. The van der Waals surface area contributed by atoms with Crippen molar-refractivity contribution in [2.24, 2.45) is 0 Å². The molecule has 0 radical (unpaired) electrons. The Kier molecular flexibility index (Phi) is 5.87. The first-order valence-corrected chi connectivity index (χ1v) is 8.37. The van der Waals surface area contributed by atoms with Gasteiger partial charge in [0.1, 0.15) is 0 Å². The number of allylic oxidation sites excluding steroid dienone is 1. The predicted octanol–water partition coefficient (Wildman–Crippen LogP) is 4.67. The van der Waals surface area contributed by atoms with E-state index < -0.39 is 0 Å². The summed E-state index contributed by atoms with van der Waals surface area (Å²) in [5.74, 6) is 0.0500. The molecule has 0 aliphatic heterocycles. The molecular weight excluding hydrogens is 393 g/mol. The van der Waals surface area contributed by atoms with Crippen molar-refractivity contribution in [3.05, 3.63) is 74.8 Å². The largest absolute Gasteiger partial charge is 0.382 e. The van der Waals surface area contributed by atoms with Gasteiger partial charge in [-0.15, -0.1) is 0 Å². The molecule has 2 aromatic rings. The molecule has 0 saturated heterocycles. The summed E-state index contributed by atoms with van der Waals surface area (Å²) >= 11 is 3.73. The standard InChI is InChI=1S/C17H16INOS/c1-19(2)12-16(21-15-6-4-3-5-7-15)17(20)13-8-10-14(18)11-9-13/h3-12H,1-2H3/b16-12-. The molecule has 0 saturated carbocycles. The van der Waals surface area contributed by atoms with E-state index in [1.54, 1.807) is 0 Å². The van der Waals surface area contributed by atoms with Gasteiger partial charge in [-0.1, -0.05) is 30.0 Å². The van der Waals surface area contributed by atoms with Gasteiger partial charge in [-0.05, 0) is 59.0 Å². The third-order valence-corrected chi connectivity index (χ3v) is 4.41. The van der Waals surface area contributed by atoms with Crippen LogP contribution in [0, 0.1) is 3.57 Å². The number of hydrogen-bond donors (Lipinski definition) is 0. The van der Waals surface area contributed by atoms with Crippen LogP contribution in [0.3, 0.4) is 0 Å². The van der Waals surface area contributed by atoms with Crippen molar-refractivity contribution >= 4 is 40.1 Å². The van der Waals surface area contributed by atoms with Crippen molar-refractivity contribution < 1.29 is 4.79 Å². The Labute approximate surface area is 143 Å². The van der Waals surface area contributed by atoms with Gasteiger partial charge in [0.2, 0.25) is 5.78 Å². The Morgan fingerprint density at radius 2 is 1.67 bits per heavy atom. The maximum absolute atomic E-state index is 12.7. The number of nitrogens with zero attached hydrogens (tertiary/aromatic N) is 1. The van der Waals surface area contributed by atoms with E-state index in [2.05, 4.69) is 22.6 Å². The highest BCUT2D eigenvalue weighted by Gasteiger charge is 2.14. The molecule has 4 heteroatoms. The molecule has 2 aromatic carbocycles. The molecule has 0 heterocycles. The van der Waals surface area contributed by atoms with Crippen molar-refractivity contribution in [3.63, 3.8) is 0 Å². The summed E-state index contributed by atoms with van der Waals surface area (Å²) in [5, 5.41) is 0. The van der Waals surface area contributed by atoms with Crippen LogP contribution in [0.25, 0.3) is 0 Å². The Bertz CT molecular complexity index is 636. The zero-order valence-corrected chi connectivity index (χ0v) is 14.9. The molecule has 0 unspecified atom stereocenters. The van der Waals surface area contributed by atoms with Gasteiger partial charge in [0.05, 0.1) is 4.91 Å². The number of ketones is 1. The maximum Gasteiger partial charge on any atom is 0.201 e. The van der Waals surface area contributed by atoms with Crippen LogP contribution in [0.4, 0.5) is 0 Å². The SMILES string of the molecule is CN(C)/C=C(\Sc1ccccc1)C(=O)c1ccc(I)cc1. The number of benzene rings is 2. The first-order chi connectivity index (χ1) is 10.1. The van der Waals surface area contributed by atoms with Crippen LogP contribution in [-0.2, 0) is 0 Å². The Morgan fingerprint density at radius 3 is 2.24 bits per heavy atom. The van der Waals surface area contributed by atoms with Crippen LogP contribution in [-0.4, -0.2) is 24.8 Å². The molecule has 108 valence electrons. The fraction of sp³-hybridized carbons (Fsp3) is 0.118. The molecule has 2 rings (SSSR count). The average molecular weight is 409 g/mol. The third kappa shape index (κ3) is 4.89. The summed E-state index contributed by atoms with van der Waals surface area (Å²) in [7, 11) is 3.85. The first-order valence-electron chi connectivity index (χ1n) is 6.47. The lowest BCUT2D eigenvalue weighted by Crippen LogP contribution is -2.08. The molecule has 0 aliphatic carbocycles. The van der Waals surface area contributed by atoms with Crippen LogP contribution in [0.5, 0.6) is 0 Å². The van der Waals surface area contributed by atoms with Gasteiger partial charge in [0, 0.05) is 34.3 Å². The van der Waals surface area contributed by atoms with Gasteiger partial charge in [0.15, 0.2) is 0 Å². The van der Waals surface area contributed by atoms with E-state index in [0.29, 0.717) is 10.5 Å². The zero-order chi connectivity index (χ0) is 15.2. The summed E-state index contributed by atoms with van der Waals surface area (Å²) in [6.45, 7) is 0. The fourth-order valence-corrected chi connectivity index (χ4v) is 3.11. The Balaban J connectivity index is 2.28. The molecular formula is C17H16INOS. The number of carbonyl (C=O) groups excluding carboxylic acids is 1. The number of hydrogen-bond acceptors (Lipinski definition) is 3. The van der Waals surface area contributed by atoms with Crippen LogP contribution in [0.1, 0.15) is 10.4 Å². The van der Waals surface area contributed by atoms with E-state index >= 15 is 0 Å². The van der Waals surface area contributed by atoms with Crippen molar-refractivity contribution in [2.75, 3.05) is 14.1 Å². The highest BCUT2D eigenvalue weighted by molar-refractivity contribution is 14.1. The maximum atomic E-state index is 12.7. The van der Waals surface area contributed by atoms with Gasteiger partial charge < -0.3 is 4.90 Å². The molecule has 0 fully saturated rings. The van der Waals surface area contributed by atoms with Crippen molar-refractivity contribution in [1.82, 2.24) is 4.90 Å². The Morgan fingerprint density at radius 1 is 1.05 bits per heavy atom. The summed E-state index contributed by atoms with van der Waals surface area (Å²) in [5.41, 5.74) is 0.715. The quantitative estimate of drug-likeness (QED) is 0.310. The Hall–Kier alpha value is -1.27. The van der Waals surface area contributed by atoms with E-state index in [1.165, 1.54) is 11.8 Å². The van der Waals surface area contributed by atoms with Crippen LogP contribution in [0.2, 0.25) is 0 Å². The van der Waals surface area contributed by atoms with Gasteiger partial charge in [-0.3, -0.25) is 4.79 Å². The van der Waals surface area contributed by atoms with Crippen molar-refractivity contribution in [1.29, 1.82) is 0 Å². The molecule has 0 N–H and O–H groups in total. The fourth-order valence-electron chi connectivity index (χ4n) is 1.72. The topological polar surface area (TPSA) is 20.3 Å². The summed E-state index contributed by atoms with van der Waals surface area (Å²) in [6, 6.07) is 17.6. The van der Waals surface area contributed by atoms with E-state index in [9.17, 15) is 4.79 Å². The predicted molar refractivity (Wildman–Crippen MR) is 97.6 cm³/mol. The molecule has 0 bridgehead atoms. The third-order valence-electron chi connectivity index (χ3n) is 2.68. The van der Waals surface area contributed by atoms with Crippen LogP contribution < -0.4 is 0 Å². The molecule has 0 spiro atoms. The van der Waals surface area contributed by atoms with Crippen LogP contribution in [0.15, 0.2) is 70.6 Å². The monoisotopic (exact) mass is 409 g/mol. The summed E-state index contributed by atoms with van der Waals surface area (Å²) in [6.07, 6.45) is 1.87. The second-order valence-corrected chi connectivity index (χ2v) is 7.07. The average Bonchev–Trinajstić information content (AvgIpc) is 2.47. The number of halogens is 1. The number of Topliss-reactive ketones (excluding diaryl/α,β-unsaturated/α-hetero) is 1. The zero-order valence-electron chi connectivity index (χ0n) is 11.9. The molecule has 2 nitrogen and oxygen atoms in total. The highest BCUT2D eigenvalue weighted by Crippen LogP contribution is 2.29. The lowest BCUT2D eigenvalue weighted by molar-refractivity contribution is 0.104. The van der Waals surface area contributed by atoms with Crippen molar-refractivity contribution in [3.8, 4) is 0 Å². The molecule has 0 aromatic heterocycles. The lowest BCUT2D eigenvalue weighted by atomic mass is 10.1.